The molecular weight excluding hydrogens is 258 g/mol. The lowest BCUT2D eigenvalue weighted by atomic mass is 10.00. The van der Waals surface area contributed by atoms with E-state index >= 15 is 0 Å². The molecule has 0 amide bonds. The third-order valence-electron chi connectivity index (χ3n) is 2.72. The maximum atomic E-state index is 11.6. The molecule has 20 heavy (non-hydrogen) atoms. The molecule has 0 aliphatic heterocycles. The average molecular weight is 277 g/mol. The van der Waals surface area contributed by atoms with Gasteiger partial charge in [-0.1, -0.05) is 35.4 Å². The minimum Gasteiger partial charge on any atom is -0.466 e. The summed E-state index contributed by atoms with van der Waals surface area (Å²) >= 11 is 0. The summed E-state index contributed by atoms with van der Waals surface area (Å²) in [5.41, 5.74) is 9.55. The molecule has 0 aliphatic carbocycles. The maximum Gasteiger partial charge on any atom is 0.308 e. The van der Waals surface area contributed by atoms with Crippen molar-refractivity contribution in [3.8, 4) is 0 Å². The fourth-order valence-corrected chi connectivity index (χ4v) is 1.92. The summed E-state index contributed by atoms with van der Waals surface area (Å²) in [5.74, 6) is -0.361. The molecule has 0 aliphatic rings. The highest BCUT2D eigenvalue weighted by molar-refractivity contribution is 5.70. The van der Waals surface area contributed by atoms with Crippen LogP contribution in [0.25, 0.3) is 10.4 Å². The Morgan fingerprint density at radius 1 is 1.30 bits per heavy atom. The van der Waals surface area contributed by atoms with Crippen molar-refractivity contribution in [2.45, 2.75) is 32.4 Å². The highest BCUT2D eigenvalue weighted by atomic mass is 16.5. The van der Waals surface area contributed by atoms with Crippen molar-refractivity contribution in [1.29, 1.82) is 0 Å². The second-order valence-corrected chi connectivity index (χ2v) is 4.06. The molecule has 1 rings (SSSR count). The monoisotopic (exact) mass is 277 g/mol. The average Bonchev–Trinajstić information content (AvgIpc) is 2.45. The van der Waals surface area contributed by atoms with Crippen molar-refractivity contribution in [3.05, 3.63) is 46.3 Å². The Morgan fingerprint density at radius 3 is 2.55 bits per heavy atom. The van der Waals surface area contributed by atoms with E-state index in [4.69, 9.17) is 15.0 Å². The quantitative estimate of drug-likeness (QED) is 0.316. The van der Waals surface area contributed by atoms with Crippen LogP contribution in [0.4, 0.5) is 0 Å². The molecule has 0 saturated carbocycles. The van der Waals surface area contributed by atoms with E-state index in [-0.39, 0.29) is 12.4 Å². The number of hydrogen-bond donors (Lipinski definition) is 0. The summed E-state index contributed by atoms with van der Waals surface area (Å²) in [7, 11) is 0. The van der Waals surface area contributed by atoms with Crippen LogP contribution in [0.2, 0.25) is 0 Å². The summed E-state index contributed by atoms with van der Waals surface area (Å²) in [6.45, 7) is 4.32. The molecule has 6 nitrogen and oxygen atoms in total. The van der Waals surface area contributed by atoms with Gasteiger partial charge in [-0.2, -0.15) is 0 Å². The van der Waals surface area contributed by atoms with E-state index in [1.165, 1.54) is 0 Å². The van der Waals surface area contributed by atoms with Gasteiger partial charge in [0.1, 0.15) is 0 Å². The zero-order chi connectivity index (χ0) is 14.8. The third-order valence-corrected chi connectivity index (χ3v) is 2.72. The summed E-state index contributed by atoms with van der Waals surface area (Å²) in [6, 6.07) is 8.71. The molecule has 0 heterocycles. The van der Waals surface area contributed by atoms with Crippen molar-refractivity contribution in [3.63, 3.8) is 0 Å². The van der Waals surface area contributed by atoms with Crippen LogP contribution < -0.4 is 0 Å². The van der Waals surface area contributed by atoms with Crippen LogP contribution in [-0.4, -0.2) is 25.3 Å². The van der Waals surface area contributed by atoms with Crippen LogP contribution in [0.1, 0.15) is 31.9 Å². The smallest absolute Gasteiger partial charge is 0.308 e. The molecule has 0 bridgehead atoms. The molecule has 0 fully saturated rings. The van der Waals surface area contributed by atoms with Crippen LogP contribution >= 0.6 is 0 Å². The van der Waals surface area contributed by atoms with E-state index in [9.17, 15) is 4.79 Å². The number of nitrogens with zero attached hydrogens (tertiary/aromatic N) is 3. The van der Waals surface area contributed by atoms with E-state index < -0.39 is 12.1 Å². The number of rotatable bonds is 8. The summed E-state index contributed by atoms with van der Waals surface area (Å²) in [4.78, 5) is 14.5. The van der Waals surface area contributed by atoms with Gasteiger partial charge in [0, 0.05) is 11.5 Å². The van der Waals surface area contributed by atoms with E-state index in [2.05, 4.69) is 10.0 Å². The first-order valence-corrected chi connectivity index (χ1v) is 6.59. The van der Waals surface area contributed by atoms with Crippen LogP contribution in [0, 0.1) is 0 Å². The molecule has 0 spiro atoms. The Bertz CT molecular complexity index is 458. The lowest BCUT2D eigenvalue weighted by molar-refractivity contribution is -0.146. The fraction of sp³-hybridized carbons (Fsp3) is 0.500. The molecule has 0 N–H and O–H groups in total. The third kappa shape index (κ3) is 4.91. The topological polar surface area (TPSA) is 84.3 Å². The molecule has 0 saturated heterocycles. The van der Waals surface area contributed by atoms with Crippen LogP contribution in [0.5, 0.6) is 0 Å². The van der Waals surface area contributed by atoms with Gasteiger partial charge in [-0.05, 0) is 24.9 Å². The number of carbonyl (C=O) groups is 1. The largest absolute Gasteiger partial charge is 0.466 e. The molecule has 1 aromatic carbocycles. The summed E-state index contributed by atoms with van der Waals surface area (Å²) in [5, 5.41) is 3.77. The Hall–Kier alpha value is -2.04. The first-order valence-electron chi connectivity index (χ1n) is 6.59. The zero-order valence-corrected chi connectivity index (χ0v) is 11.7. The predicted octanol–water partition coefficient (Wildman–Crippen LogP) is 3.40. The van der Waals surface area contributed by atoms with E-state index in [1.54, 1.807) is 6.92 Å². The fourth-order valence-electron chi connectivity index (χ4n) is 1.92. The van der Waals surface area contributed by atoms with Gasteiger partial charge in [0.15, 0.2) is 0 Å². The van der Waals surface area contributed by atoms with Crippen molar-refractivity contribution in [2.75, 3.05) is 13.2 Å². The number of hydrogen-bond acceptors (Lipinski definition) is 4. The SMILES string of the molecule is CCOC(=O)C[C@@H](OCC)[C@H](N=[N+]=[N-])c1ccccc1. The lowest BCUT2D eigenvalue weighted by Crippen LogP contribution is -2.25. The Kier molecular flexibility index (Phi) is 7.17. The summed E-state index contributed by atoms with van der Waals surface area (Å²) < 4.78 is 10.5. The molecule has 0 aromatic heterocycles. The molecule has 0 radical (unpaired) electrons. The molecule has 1 aromatic rings. The van der Waals surface area contributed by atoms with Crippen molar-refractivity contribution in [1.82, 2.24) is 0 Å². The molecule has 108 valence electrons. The van der Waals surface area contributed by atoms with Crippen LogP contribution in [0.3, 0.4) is 0 Å². The van der Waals surface area contributed by atoms with E-state index in [0.717, 1.165) is 5.56 Å². The summed E-state index contributed by atoms with van der Waals surface area (Å²) in [6.07, 6.45) is -0.474. The molecule has 0 unspecified atom stereocenters. The van der Waals surface area contributed by atoms with E-state index in [0.29, 0.717) is 13.2 Å². The van der Waals surface area contributed by atoms with Gasteiger partial charge in [0.25, 0.3) is 0 Å². The minimum absolute atomic E-state index is 0.0558. The van der Waals surface area contributed by atoms with Gasteiger partial charge in [-0.15, -0.1) is 0 Å². The van der Waals surface area contributed by atoms with Gasteiger partial charge in [0.2, 0.25) is 0 Å². The van der Waals surface area contributed by atoms with Gasteiger partial charge < -0.3 is 9.47 Å². The predicted molar refractivity (Wildman–Crippen MR) is 75.0 cm³/mol. The van der Waals surface area contributed by atoms with E-state index in [1.807, 2.05) is 37.3 Å². The zero-order valence-electron chi connectivity index (χ0n) is 11.7. The normalized spacial score (nSPS) is 13.1. The highest BCUT2D eigenvalue weighted by Crippen LogP contribution is 2.26. The highest BCUT2D eigenvalue weighted by Gasteiger charge is 2.25. The minimum atomic E-state index is -0.550. The number of benzene rings is 1. The standard InChI is InChI=1S/C14H19N3O3/c1-3-19-12(10-13(18)20-4-2)14(16-17-15)11-8-6-5-7-9-11/h5-9,12,14H,3-4,10H2,1-2H3/t12-,14-/m1/s1. The first kappa shape index (κ1) is 16.0. The van der Waals surface area contributed by atoms with Crippen LogP contribution in [-0.2, 0) is 14.3 Å². The van der Waals surface area contributed by atoms with Crippen molar-refractivity contribution >= 4 is 5.97 Å². The number of esters is 1. The maximum absolute atomic E-state index is 11.6. The molecule has 6 heteroatoms. The van der Waals surface area contributed by atoms with Crippen LogP contribution in [0.15, 0.2) is 35.4 Å². The van der Waals surface area contributed by atoms with Gasteiger partial charge in [-0.25, -0.2) is 0 Å². The second kappa shape index (κ2) is 8.96. The van der Waals surface area contributed by atoms with Crippen molar-refractivity contribution in [2.24, 2.45) is 5.11 Å². The Balaban J connectivity index is 2.94. The number of ether oxygens (including phenoxy) is 2. The lowest BCUT2D eigenvalue weighted by Gasteiger charge is -2.23. The number of azide groups is 1. The molecular formula is C14H19N3O3. The first-order chi connectivity index (χ1) is 9.72. The van der Waals surface area contributed by atoms with Gasteiger partial charge >= 0.3 is 5.97 Å². The van der Waals surface area contributed by atoms with Gasteiger partial charge in [0.05, 0.1) is 25.2 Å². The second-order valence-electron chi connectivity index (χ2n) is 4.06. The Labute approximate surface area is 118 Å². The molecule has 2 atom stereocenters. The van der Waals surface area contributed by atoms with Gasteiger partial charge in [-0.3, -0.25) is 4.79 Å². The van der Waals surface area contributed by atoms with Crippen molar-refractivity contribution < 1.29 is 14.3 Å². The number of carbonyl (C=O) groups excluding carboxylic acids is 1. The Morgan fingerprint density at radius 2 is 2.00 bits per heavy atom.